The van der Waals surface area contributed by atoms with Gasteiger partial charge in [-0.05, 0) is 45.2 Å². The molecule has 0 aliphatic heterocycles. The Bertz CT molecular complexity index is 1190. The van der Waals surface area contributed by atoms with Gasteiger partial charge in [0.1, 0.15) is 0 Å². The van der Waals surface area contributed by atoms with Gasteiger partial charge < -0.3 is 10.1 Å². The molecule has 4 nitrogen and oxygen atoms in total. The van der Waals surface area contributed by atoms with Gasteiger partial charge in [0.2, 0.25) is 0 Å². The molecule has 0 aromatic heterocycles. The Morgan fingerprint density at radius 1 is 0.833 bits per heavy atom. The number of carbonyl (C=O) groups excluding carboxylic acids is 2. The van der Waals surface area contributed by atoms with E-state index in [1.807, 2.05) is 72.8 Å². The van der Waals surface area contributed by atoms with E-state index < -0.39 is 5.97 Å². The van der Waals surface area contributed by atoms with Gasteiger partial charge in [0, 0.05) is 5.69 Å². The molecule has 4 rings (SSSR count). The SMILES string of the molecule is CC(C)c1ccccc1NC(=O)COC(=O)c1c2ccccc2cc2ccccc12. The van der Waals surface area contributed by atoms with Gasteiger partial charge in [0.25, 0.3) is 5.91 Å². The van der Waals surface area contributed by atoms with Crippen molar-refractivity contribution in [3.05, 3.63) is 90.0 Å². The van der Waals surface area contributed by atoms with Crippen molar-refractivity contribution in [3.8, 4) is 0 Å². The summed E-state index contributed by atoms with van der Waals surface area (Å²) in [5.41, 5.74) is 2.26. The van der Waals surface area contributed by atoms with E-state index in [4.69, 9.17) is 4.74 Å². The maximum atomic E-state index is 13.0. The Kier molecular flexibility index (Phi) is 5.48. The summed E-state index contributed by atoms with van der Waals surface area (Å²) < 4.78 is 5.43. The average molecular weight is 397 g/mol. The summed E-state index contributed by atoms with van der Waals surface area (Å²) in [7, 11) is 0. The minimum atomic E-state index is -0.504. The fourth-order valence-electron chi connectivity index (χ4n) is 3.74. The number of hydrogen-bond donors (Lipinski definition) is 1. The molecule has 4 heteroatoms. The third-order valence-corrected chi connectivity index (χ3v) is 5.17. The predicted octanol–water partition coefficient (Wildman–Crippen LogP) is 5.91. The second-order valence-electron chi connectivity index (χ2n) is 7.56. The van der Waals surface area contributed by atoms with Gasteiger partial charge in [0.05, 0.1) is 5.56 Å². The molecule has 0 saturated heterocycles. The van der Waals surface area contributed by atoms with Crippen molar-refractivity contribution >= 4 is 39.1 Å². The number of carbonyl (C=O) groups is 2. The molecule has 1 N–H and O–H groups in total. The Balaban J connectivity index is 1.57. The van der Waals surface area contributed by atoms with Crippen LogP contribution >= 0.6 is 0 Å². The number of nitrogens with one attached hydrogen (secondary N) is 1. The maximum Gasteiger partial charge on any atom is 0.339 e. The molecule has 0 radical (unpaired) electrons. The van der Waals surface area contributed by atoms with E-state index in [-0.39, 0.29) is 18.4 Å². The third kappa shape index (κ3) is 3.90. The molecule has 0 aliphatic carbocycles. The van der Waals surface area contributed by atoms with Crippen LogP contribution in [0.3, 0.4) is 0 Å². The number of hydrogen-bond acceptors (Lipinski definition) is 3. The molecule has 0 atom stereocenters. The summed E-state index contributed by atoms with van der Waals surface area (Å²) in [6, 6.07) is 25.1. The Labute approximate surface area is 175 Å². The van der Waals surface area contributed by atoms with Gasteiger partial charge >= 0.3 is 5.97 Å². The maximum absolute atomic E-state index is 13.0. The first kappa shape index (κ1) is 19.6. The molecular formula is C26H23NO3. The number of para-hydroxylation sites is 1. The number of fused-ring (bicyclic) bond motifs is 2. The van der Waals surface area contributed by atoms with Crippen molar-refractivity contribution in [1.82, 2.24) is 0 Å². The monoisotopic (exact) mass is 397 g/mol. The molecule has 0 fully saturated rings. The topological polar surface area (TPSA) is 55.4 Å². The highest BCUT2D eigenvalue weighted by molar-refractivity contribution is 6.16. The quantitative estimate of drug-likeness (QED) is 0.336. The van der Waals surface area contributed by atoms with Crippen LogP contribution in [0.15, 0.2) is 78.9 Å². The van der Waals surface area contributed by atoms with Gasteiger partial charge in [-0.3, -0.25) is 4.79 Å². The van der Waals surface area contributed by atoms with Crippen LogP contribution in [0.4, 0.5) is 5.69 Å². The summed E-state index contributed by atoms with van der Waals surface area (Å²) in [6.07, 6.45) is 0. The minimum Gasteiger partial charge on any atom is -0.452 e. The Hall–Kier alpha value is -3.66. The van der Waals surface area contributed by atoms with Crippen LogP contribution in [0.1, 0.15) is 35.7 Å². The summed E-state index contributed by atoms with van der Waals surface area (Å²) >= 11 is 0. The van der Waals surface area contributed by atoms with E-state index in [1.165, 1.54) is 0 Å². The van der Waals surface area contributed by atoms with Crippen molar-refractivity contribution < 1.29 is 14.3 Å². The van der Waals surface area contributed by atoms with E-state index in [9.17, 15) is 9.59 Å². The van der Waals surface area contributed by atoms with E-state index >= 15 is 0 Å². The Morgan fingerprint density at radius 2 is 1.40 bits per heavy atom. The lowest BCUT2D eigenvalue weighted by molar-refractivity contribution is -0.119. The standard InChI is InChI=1S/C26H23NO3/c1-17(2)20-11-7-8-14-23(20)27-24(28)16-30-26(29)25-21-12-5-3-9-18(21)15-19-10-4-6-13-22(19)25/h3-15,17H,16H2,1-2H3,(H,27,28). The van der Waals surface area contributed by atoms with Gasteiger partial charge in [-0.1, -0.05) is 80.6 Å². The number of rotatable bonds is 5. The lowest BCUT2D eigenvalue weighted by Gasteiger charge is -2.14. The van der Waals surface area contributed by atoms with Crippen LogP contribution < -0.4 is 5.32 Å². The zero-order chi connectivity index (χ0) is 21.1. The van der Waals surface area contributed by atoms with Crippen molar-refractivity contribution in [1.29, 1.82) is 0 Å². The van der Waals surface area contributed by atoms with Crippen LogP contribution in [-0.4, -0.2) is 18.5 Å². The molecule has 4 aromatic carbocycles. The number of benzene rings is 4. The lowest BCUT2D eigenvalue weighted by atomic mass is 9.97. The number of amides is 1. The molecule has 0 aliphatic rings. The van der Waals surface area contributed by atoms with Crippen LogP contribution in [-0.2, 0) is 9.53 Å². The molecule has 0 bridgehead atoms. The predicted molar refractivity (Wildman–Crippen MR) is 121 cm³/mol. The van der Waals surface area contributed by atoms with Crippen molar-refractivity contribution in [2.24, 2.45) is 0 Å². The zero-order valence-corrected chi connectivity index (χ0v) is 17.0. The highest BCUT2D eigenvalue weighted by atomic mass is 16.5. The van der Waals surface area contributed by atoms with Gasteiger partial charge in [-0.15, -0.1) is 0 Å². The van der Waals surface area contributed by atoms with Gasteiger partial charge in [0.15, 0.2) is 6.61 Å². The molecule has 0 saturated carbocycles. The van der Waals surface area contributed by atoms with E-state index in [2.05, 4.69) is 25.2 Å². The second kappa shape index (κ2) is 8.37. The van der Waals surface area contributed by atoms with Crippen LogP contribution in [0, 0.1) is 0 Å². The van der Waals surface area contributed by atoms with Crippen molar-refractivity contribution in [2.75, 3.05) is 11.9 Å². The number of anilines is 1. The van der Waals surface area contributed by atoms with Crippen molar-refractivity contribution in [2.45, 2.75) is 19.8 Å². The van der Waals surface area contributed by atoms with Gasteiger partial charge in [-0.2, -0.15) is 0 Å². The highest BCUT2D eigenvalue weighted by Crippen LogP contribution is 2.29. The number of ether oxygens (including phenoxy) is 1. The minimum absolute atomic E-state index is 0.270. The van der Waals surface area contributed by atoms with E-state index in [0.29, 0.717) is 5.56 Å². The largest absolute Gasteiger partial charge is 0.452 e. The molecule has 0 spiro atoms. The third-order valence-electron chi connectivity index (χ3n) is 5.17. The van der Waals surface area contributed by atoms with Crippen LogP contribution in [0.25, 0.3) is 21.5 Å². The van der Waals surface area contributed by atoms with E-state index in [1.54, 1.807) is 0 Å². The first-order valence-corrected chi connectivity index (χ1v) is 10.0. The first-order valence-electron chi connectivity index (χ1n) is 10.0. The molecule has 30 heavy (non-hydrogen) atoms. The lowest BCUT2D eigenvalue weighted by Crippen LogP contribution is -2.22. The molecule has 150 valence electrons. The molecule has 1 amide bonds. The van der Waals surface area contributed by atoms with Gasteiger partial charge in [-0.25, -0.2) is 4.79 Å². The van der Waals surface area contributed by atoms with Crippen molar-refractivity contribution in [3.63, 3.8) is 0 Å². The summed E-state index contributed by atoms with van der Waals surface area (Å²) in [6.45, 7) is 3.79. The highest BCUT2D eigenvalue weighted by Gasteiger charge is 2.18. The smallest absolute Gasteiger partial charge is 0.339 e. The number of esters is 1. The molecule has 0 unspecified atom stereocenters. The zero-order valence-electron chi connectivity index (χ0n) is 17.0. The second-order valence-corrected chi connectivity index (χ2v) is 7.56. The summed E-state index contributed by atoms with van der Waals surface area (Å²) in [5.74, 6) is -0.595. The molecule has 4 aromatic rings. The molecule has 0 heterocycles. The normalized spacial score (nSPS) is 11.0. The molecular weight excluding hydrogens is 374 g/mol. The van der Waals surface area contributed by atoms with E-state index in [0.717, 1.165) is 32.8 Å². The fraction of sp³-hybridized carbons (Fsp3) is 0.154. The Morgan fingerprint density at radius 3 is 2.03 bits per heavy atom. The van der Waals surface area contributed by atoms with Crippen LogP contribution in [0.2, 0.25) is 0 Å². The summed E-state index contributed by atoms with van der Waals surface area (Å²) in [4.78, 5) is 25.5. The van der Waals surface area contributed by atoms with Crippen LogP contribution in [0.5, 0.6) is 0 Å². The first-order chi connectivity index (χ1) is 14.5. The average Bonchev–Trinajstić information content (AvgIpc) is 2.76. The summed E-state index contributed by atoms with van der Waals surface area (Å²) in [5, 5.41) is 6.39. The fourth-order valence-corrected chi connectivity index (χ4v) is 3.74.